The van der Waals surface area contributed by atoms with Crippen LogP contribution in [0.25, 0.3) is 0 Å². The van der Waals surface area contributed by atoms with Crippen LogP contribution in [0.15, 0.2) is 0 Å². The molecule has 1 fully saturated rings. The Kier molecular flexibility index (Phi) is 2.90. The summed E-state index contributed by atoms with van der Waals surface area (Å²) in [5.74, 6) is -1.17. The molecule has 6 heteroatoms. The summed E-state index contributed by atoms with van der Waals surface area (Å²) < 4.78 is 0. The minimum Gasteiger partial charge on any atom is -0.481 e. The van der Waals surface area contributed by atoms with Crippen molar-refractivity contribution in [2.24, 2.45) is 5.41 Å². The molecule has 6 nitrogen and oxygen atoms in total. The Morgan fingerprint density at radius 3 is 2.33 bits per heavy atom. The van der Waals surface area contributed by atoms with Crippen LogP contribution in [0.1, 0.15) is 20.3 Å². The van der Waals surface area contributed by atoms with Gasteiger partial charge in [-0.2, -0.15) is 0 Å². The van der Waals surface area contributed by atoms with Gasteiger partial charge >= 0.3 is 12.1 Å². The number of aliphatic hydroxyl groups is 1. The molecule has 1 amide bonds. The van der Waals surface area contributed by atoms with Crippen LogP contribution in [-0.2, 0) is 4.79 Å². The van der Waals surface area contributed by atoms with Gasteiger partial charge in [0.05, 0.1) is 6.10 Å². The molecule has 1 saturated heterocycles. The summed E-state index contributed by atoms with van der Waals surface area (Å²) in [6.45, 7) is 2.83. The first-order valence-corrected chi connectivity index (χ1v) is 4.70. The molecule has 2 unspecified atom stereocenters. The van der Waals surface area contributed by atoms with Crippen molar-refractivity contribution in [2.75, 3.05) is 6.54 Å². The van der Waals surface area contributed by atoms with Gasteiger partial charge in [0.1, 0.15) is 5.41 Å². The summed E-state index contributed by atoms with van der Waals surface area (Å²) in [4.78, 5) is 22.9. The largest absolute Gasteiger partial charge is 0.481 e. The Labute approximate surface area is 87.1 Å². The van der Waals surface area contributed by atoms with Crippen LogP contribution < -0.4 is 0 Å². The first kappa shape index (κ1) is 11.8. The normalized spacial score (nSPS) is 36.3. The Balaban J connectivity index is 2.94. The van der Waals surface area contributed by atoms with Crippen molar-refractivity contribution in [3.63, 3.8) is 0 Å². The average Bonchev–Trinajstić information content (AvgIpc) is 2.10. The maximum atomic E-state index is 11.0. The highest BCUT2D eigenvalue weighted by molar-refractivity contribution is 5.77. The number of aliphatic hydroxyl groups excluding tert-OH is 1. The van der Waals surface area contributed by atoms with E-state index >= 15 is 0 Å². The summed E-state index contributed by atoms with van der Waals surface area (Å²) in [6.07, 6.45) is -2.02. The molecule has 1 rings (SSSR count). The Bertz CT molecular complexity index is 292. The molecule has 86 valence electrons. The third kappa shape index (κ3) is 1.90. The van der Waals surface area contributed by atoms with E-state index in [9.17, 15) is 14.7 Å². The molecule has 3 atom stereocenters. The lowest BCUT2D eigenvalue weighted by Gasteiger charge is -2.43. The fourth-order valence-electron chi connectivity index (χ4n) is 1.79. The van der Waals surface area contributed by atoms with Crippen molar-refractivity contribution < 1.29 is 24.9 Å². The van der Waals surface area contributed by atoms with E-state index in [2.05, 4.69) is 0 Å². The van der Waals surface area contributed by atoms with E-state index in [1.807, 2.05) is 0 Å². The molecule has 0 aromatic rings. The Hall–Kier alpha value is -1.30. The molecule has 0 saturated carbocycles. The predicted molar refractivity (Wildman–Crippen MR) is 50.6 cm³/mol. The number of hydrogen-bond acceptors (Lipinski definition) is 3. The van der Waals surface area contributed by atoms with Crippen molar-refractivity contribution >= 4 is 12.1 Å². The van der Waals surface area contributed by atoms with Gasteiger partial charge < -0.3 is 20.2 Å². The van der Waals surface area contributed by atoms with Crippen LogP contribution in [0, 0.1) is 5.41 Å². The molecule has 0 aromatic carbocycles. The van der Waals surface area contributed by atoms with Crippen LogP contribution in [0.4, 0.5) is 4.79 Å². The van der Waals surface area contributed by atoms with Gasteiger partial charge in [-0.1, -0.05) is 0 Å². The molecule has 0 bridgehead atoms. The number of carbonyl (C=O) groups is 2. The second-order valence-electron chi connectivity index (χ2n) is 4.23. The van der Waals surface area contributed by atoms with Gasteiger partial charge in [0.15, 0.2) is 0 Å². The summed E-state index contributed by atoms with van der Waals surface area (Å²) in [7, 11) is 0. The van der Waals surface area contributed by atoms with Gasteiger partial charge in [-0.3, -0.25) is 4.79 Å². The van der Waals surface area contributed by atoms with Crippen LogP contribution >= 0.6 is 0 Å². The number of piperidine rings is 1. The third-order valence-electron chi connectivity index (χ3n) is 3.06. The molecule has 0 spiro atoms. The summed E-state index contributed by atoms with van der Waals surface area (Å²) >= 11 is 0. The lowest BCUT2D eigenvalue weighted by Crippen LogP contribution is -2.58. The number of nitrogens with zero attached hydrogens (tertiary/aromatic N) is 1. The second-order valence-corrected chi connectivity index (χ2v) is 4.23. The van der Waals surface area contributed by atoms with Crippen molar-refractivity contribution in [2.45, 2.75) is 32.4 Å². The summed E-state index contributed by atoms with van der Waals surface area (Å²) in [6, 6.07) is -0.357. The number of hydrogen-bond donors (Lipinski definition) is 3. The highest BCUT2D eigenvalue weighted by atomic mass is 16.4. The Morgan fingerprint density at radius 2 is 1.93 bits per heavy atom. The highest BCUT2D eigenvalue weighted by Crippen LogP contribution is 2.33. The number of rotatable bonds is 1. The van der Waals surface area contributed by atoms with Crippen molar-refractivity contribution in [3.05, 3.63) is 0 Å². The molecule has 1 aliphatic rings. The lowest BCUT2D eigenvalue weighted by molar-refractivity contribution is -0.161. The molecule has 1 aliphatic heterocycles. The predicted octanol–water partition coefficient (Wildman–Crippen LogP) is 0.210. The number of likely N-dealkylation sites (tertiary alicyclic amines) is 1. The quantitative estimate of drug-likeness (QED) is 0.583. The minimum atomic E-state index is -1.41. The molecule has 0 aromatic heterocycles. The molecular weight excluding hydrogens is 202 g/mol. The molecular formula is C9H15NO5. The number of carboxylic acid groups (broad SMARTS) is 2. The molecule has 15 heavy (non-hydrogen) atoms. The van der Waals surface area contributed by atoms with Crippen molar-refractivity contribution in [1.82, 2.24) is 4.90 Å². The molecule has 0 aliphatic carbocycles. The topological polar surface area (TPSA) is 98.1 Å². The summed E-state index contributed by atoms with van der Waals surface area (Å²) in [5.41, 5.74) is -1.41. The van der Waals surface area contributed by atoms with Gasteiger partial charge in [0.25, 0.3) is 0 Å². The molecule has 0 radical (unpaired) electrons. The standard InChI is InChI=1S/C9H15NO5/c1-5-3-6(11)9(2,7(12)13)4-10(5)8(14)15/h5-6,11H,3-4H2,1-2H3,(H,12,13)(H,14,15)/t5-,6?,9?/m0/s1. The van der Waals surface area contributed by atoms with Crippen molar-refractivity contribution in [3.8, 4) is 0 Å². The third-order valence-corrected chi connectivity index (χ3v) is 3.06. The fraction of sp³-hybridized carbons (Fsp3) is 0.778. The van der Waals surface area contributed by atoms with E-state index in [-0.39, 0.29) is 19.0 Å². The van der Waals surface area contributed by atoms with Gasteiger partial charge in [-0.05, 0) is 20.3 Å². The van der Waals surface area contributed by atoms with E-state index in [1.165, 1.54) is 6.92 Å². The van der Waals surface area contributed by atoms with Crippen LogP contribution in [0.3, 0.4) is 0 Å². The van der Waals surface area contributed by atoms with E-state index in [4.69, 9.17) is 10.2 Å². The van der Waals surface area contributed by atoms with Crippen molar-refractivity contribution in [1.29, 1.82) is 0 Å². The smallest absolute Gasteiger partial charge is 0.407 e. The maximum absolute atomic E-state index is 11.0. The summed E-state index contributed by atoms with van der Waals surface area (Å²) in [5, 5.41) is 27.5. The monoisotopic (exact) mass is 217 g/mol. The van der Waals surface area contributed by atoms with E-state index in [0.29, 0.717) is 0 Å². The number of amides is 1. The first-order chi connectivity index (χ1) is 6.79. The van der Waals surface area contributed by atoms with Crippen LogP contribution in [0.5, 0.6) is 0 Å². The maximum Gasteiger partial charge on any atom is 0.407 e. The first-order valence-electron chi connectivity index (χ1n) is 4.70. The van der Waals surface area contributed by atoms with Gasteiger partial charge in [0, 0.05) is 12.6 Å². The molecule has 3 N–H and O–H groups in total. The SMILES string of the molecule is C[C@H]1CC(O)C(C)(C(=O)O)CN1C(=O)O. The lowest BCUT2D eigenvalue weighted by atomic mass is 9.77. The second kappa shape index (κ2) is 3.69. The number of aliphatic carboxylic acids is 1. The van der Waals surface area contributed by atoms with Crippen LogP contribution in [0.2, 0.25) is 0 Å². The highest BCUT2D eigenvalue weighted by Gasteiger charge is 2.48. The minimum absolute atomic E-state index is 0.148. The zero-order valence-electron chi connectivity index (χ0n) is 8.67. The van der Waals surface area contributed by atoms with Gasteiger partial charge in [0.2, 0.25) is 0 Å². The van der Waals surface area contributed by atoms with Gasteiger partial charge in [-0.15, -0.1) is 0 Å². The van der Waals surface area contributed by atoms with E-state index in [1.54, 1.807) is 6.92 Å². The zero-order valence-corrected chi connectivity index (χ0v) is 8.67. The molecule has 1 heterocycles. The average molecular weight is 217 g/mol. The fourth-order valence-corrected chi connectivity index (χ4v) is 1.79. The van der Waals surface area contributed by atoms with Gasteiger partial charge in [-0.25, -0.2) is 4.79 Å². The van der Waals surface area contributed by atoms with E-state index < -0.39 is 23.6 Å². The van der Waals surface area contributed by atoms with E-state index in [0.717, 1.165) is 4.90 Å². The Morgan fingerprint density at radius 1 is 1.40 bits per heavy atom. The van der Waals surface area contributed by atoms with Crippen LogP contribution in [-0.4, -0.2) is 51.0 Å². The number of carboxylic acids is 1. The zero-order chi connectivity index (χ0) is 11.8.